The van der Waals surface area contributed by atoms with Crippen LogP contribution in [-0.2, 0) is 27.2 Å². The first kappa shape index (κ1) is 30.9. The van der Waals surface area contributed by atoms with Crippen LogP contribution in [0.1, 0.15) is 23.1 Å². The smallest absolute Gasteiger partial charge is 0.247 e. The minimum atomic E-state index is -0.955. The molecule has 2 aliphatic heterocycles. The average Bonchev–Trinajstić information content (AvgIpc) is 3.67. The lowest BCUT2D eigenvalue weighted by molar-refractivity contribution is -0.144. The SMILES string of the molecule is COc1ccc2cc1C=CNC(=O)C(Cc1ccccc1)NC(=O)C1C(CCN1C(=O)C(Cc1c[nH]c3ccccc13)N(C)C)O2. The summed E-state index contributed by atoms with van der Waals surface area (Å²) in [5, 5.41) is 6.85. The summed E-state index contributed by atoms with van der Waals surface area (Å²) in [4.78, 5) is 49.0. The number of aromatic amines is 1. The number of H-pyrrole nitrogens is 1. The first-order chi connectivity index (χ1) is 22.3. The third-order valence-electron chi connectivity index (χ3n) is 8.78. The molecule has 1 fully saturated rings. The lowest BCUT2D eigenvalue weighted by Gasteiger charge is -2.33. The van der Waals surface area contributed by atoms with Crippen molar-refractivity contribution in [1.82, 2.24) is 25.4 Å². The Kier molecular flexibility index (Phi) is 9.07. The van der Waals surface area contributed by atoms with Gasteiger partial charge in [0.25, 0.3) is 0 Å². The Morgan fingerprint density at radius 3 is 2.61 bits per heavy atom. The quantitative estimate of drug-likeness (QED) is 0.291. The summed E-state index contributed by atoms with van der Waals surface area (Å²) >= 11 is 0. The second-order valence-electron chi connectivity index (χ2n) is 12.0. The fourth-order valence-corrected chi connectivity index (χ4v) is 6.36. The summed E-state index contributed by atoms with van der Waals surface area (Å²) in [5.41, 5.74) is 3.62. The molecule has 0 radical (unpaired) electrons. The third kappa shape index (κ3) is 6.48. The predicted octanol–water partition coefficient (Wildman–Crippen LogP) is 3.53. The molecular weight excluding hydrogens is 582 g/mol. The number of hydrogen-bond acceptors (Lipinski definition) is 6. The number of ether oxygens (including phenoxy) is 2. The Balaban J connectivity index is 1.34. The number of likely N-dealkylation sites (tertiary alicyclic amines) is 1. The van der Waals surface area contributed by atoms with Gasteiger partial charge in [-0.05, 0) is 62.0 Å². The molecule has 0 aliphatic carbocycles. The average molecular weight is 622 g/mol. The number of nitrogens with one attached hydrogen (secondary N) is 3. The maximum absolute atomic E-state index is 14.4. The molecule has 3 N–H and O–H groups in total. The summed E-state index contributed by atoms with van der Waals surface area (Å²) in [5.74, 6) is 0.155. The van der Waals surface area contributed by atoms with Crippen molar-refractivity contribution in [1.29, 1.82) is 0 Å². The molecule has 3 heterocycles. The summed E-state index contributed by atoms with van der Waals surface area (Å²) in [6.45, 7) is 0.332. The molecule has 46 heavy (non-hydrogen) atoms. The largest absolute Gasteiger partial charge is 0.496 e. The maximum Gasteiger partial charge on any atom is 0.247 e. The van der Waals surface area contributed by atoms with E-state index in [1.165, 1.54) is 6.20 Å². The molecule has 3 aromatic carbocycles. The Morgan fingerprint density at radius 2 is 1.83 bits per heavy atom. The number of hydrogen-bond donors (Lipinski definition) is 3. The molecule has 0 spiro atoms. The molecule has 4 unspecified atom stereocenters. The molecule has 10 nitrogen and oxygen atoms in total. The molecule has 2 aliphatic rings. The molecule has 1 saturated heterocycles. The highest BCUT2D eigenvalue weighted by molar-refractivity contribution is 5.95. The number of likely N-dealkylation sites (N-methyl/N-ethyl adjacent to an activating group) is 1. The molecule has 1 aromatic heterocycles. The maximum atomic E-state index is 14.4. The van der Waals surface area contributed by atoms with Crippen molar-refractivity contribution in [2.75, 3.05) is 27.7 Å². The topological polar surface area (TPSA) is 116 Å². The van der Waals surface area contributed by atoms with Gasteiger partial charge in [-0.1, -0.05) is 48.5 Å². The number of methoxy groups -OCH3 is 1. The number of benzene rings is 3. The van der Waals surface area contributed by atoms with Crippen LogP contribution >= 0.6 is 0 Å². The number of aromatic nitrogens is 1. The zero-order valence-corrected chi connectivity index (χ0v) is 26.2. The highest BCUT2D eigenvalue weighted by Crippen LogP contribution is 2.31. The van der Waals surface area contributed by atoms with Gasteiger partial charge in [0.1, 0.15) is 29.7 Å². The van der Waals surface area contributed by atoms with Crippen LogP contribution in [0.25, 0.3) is 17.0 Å². The van der Waals surface area contributed by atoms with E-state index in [9.17, 15) is 14.4 Å². The Labute approximate surface area is 268 Å². The minimum absolute atomic E-state index is 0.174. The zero-order chi connectivity index (χ0) is 32.2. The van der Waals surface area contributed by atoms with Gasteiger partial charge in [-0.25, -0.2) is 0 Å². The number of carbonyl (C=O) groups is 3. The van der Waals surface area contributed by atoms with Gasteiger partial charge in [-0.3, -0.25) is 19.3 Å². The summed E-state index contributed by atoms with van der Waals surface area (Å²) < 4.78 is 12.0. The highest BCUT2D eigenvalue weighted by atomic mass is 16.5. The van der Waals surface area contributed by atoms with Crippen molar-refractivity contribution in [2.24, 2.45) is 0 Å². The number of para-hydroxylation sites is 1. The fourth-order valence-electron chi connectivity index (χ4n) is 6.36. The van der Waals surface area contributed by atoms with Crippen LogP contribution in [0.5, 0.6) is 11.5 Å². The molecule has 10 heteroatoms. The number of nitrogens with zero attached hydrogens (tertiary/aromatic N) is 2. The van der Waals surface area contributed by atoms with E-state index in [-0.39, 0.29) is 18.2 Å². The molecule has 2 bridgehead atoms. The Hall–Kier alpha value is -5.09. The number of fused-ring (bicyclic) bond motifs is 4. The van der Waals surface area contributed by atoms with Gasteiger partial charge in [0.05, 0.1) is 13.2 Å². The second kappa shape index (κ2) is 13.5. The van der Waals surface area contributed by atoms with E-state index in [0.29, 0.717) is 36.4 Å². The third-order valence-corrected chi connectivity index (χ3v) is 8.78. The molecular formula is C36H39N5O5. The molecule has 4 atom stereocenters. The van der Waals surface area contributed by atoms with Gasteiger partial charge in [0, 0.05) is 48.2 Å². The minimum Gasteiger partial charge on any atom is -0.496 e. The summed E-state index contributed by atoms with van der Waals surface area (Å²) in [6.07, 6.45) is 5.76. The molecule has 4 aromatic rings. The normalized spacial score (nSPS) is 20.5. The van der Waals surface area contributed by atoms with Crippen LogP contribution in [0, 0.1) is 0 Å². The van der Waals surface area contributed by atoms with Crippen LogP contribution in [0.3, 0.4) is 0 Å². The van der Waals surface area contributed by atoms with Crippen LogP contribution in [0.2, 0.25) is 0 Å². The first-order valence-electron chi connectivity index (χ1n) is 15.5. The lowest BCUT2D eigenvalue weighted by Crippen LogP contribution is -2.58. The van der Waals surface area contributed by atoms with Gasteiger partial charge < -0.3 is 30.0 Å². The Morgan fingerprint density at radius 1 is 1.04 bits per heavy atom. The zero-order valence-electron chi connectivity index (χ0n) is 26.2. The summed E-state index contributed by atoms with van der Waals surface area (Å²) in [7, 11) is 5.32. The molecule has 6 rings (SSSR count). The second-order valence-corrected chi connectivity index (χ2v) is 12.0. The predicted molar refractivity (Wildman–Crippen MR) is 176 cm³/mol. The van der Waals surface area contributed by atoms with Crippen LogP contribution in [0.15, 0.2) is 85.2 Å². The fraction of sp³-hybridized carbons (Fsp3) is 0.306. The van der Waals surface area contributed by atoms with Gasteiger partial charge in [-0.2, -0.15) is 0 Å². The van der Waals surface area contributed by atoms with E-state index in [4.69, 9.17) is 9.47 Å². The highest BCUT2D eigenvalue weighted by Gasteiger charge is 2.46. The van der Waals surface area contributed by atoms with E-state index in [1.54, 1.807) is 36.3 Å². The molecule has 238 valence electrons. The standard InChI is InChI=1S/C36H39N5O5/c1-40(2)30(21-25-22-38-28-12-8-7-11-27(25)28)36(44)41-18-16-32-33(41)35(43)39-29(19-23-9-5-4-6-10-23)34(42)37-17-15-24-20-26(46-32)13-14-31(24)45-3/h4-15,17,20,22,29-30,32-33,38H,16,18-19,21H2,1-3H3,(H,37,42)(H,39,43). The molecule has 3 amide bonds. The van der Waals surface area contributed by atoms with Crippen LogP contribution in [-0.4, -0.2) is 84.5 Å². The van der Waals surface area contributed by atoms with Gasteiger partial charge in [0.15, 0.2) is 0 Å². The van der Waals surface area contributed by atoms with Gasteiger partial charge >= 0.3 is 0 Å². The number of carbonyl (C=O) groups excluding carboxylic acids is 3. The first-order valence-corrected chi connectivity index (χ1v) is 15.5. The van der Waals surface area contributed by atoms with E-state index >= 15 is 0 Å². The van der Waals surface area contributed by atoms with Crippen molar-refractivity contribution in [3.8, 4) is 11.5 Å². The lowest BCUT2D eigenvalue weighted by atomic mass is 10.0. The number of rotatable bonds is 7. The van der Waals surface area contributed by atoms with E-state index < -0.39 is 30.1 Å². The monoisotopic (exact) mass is 621 g/mol. The van der Waals surface area contributed by atoms with E-state index in [0.717, 1.165) is 22.0 Å². The van der Waals surface area contributed by atoms with Gasteiger partial charge in [0.2, 0.25) is 17.7 Å². The van der Waals surface area contributed by atoms with Crippen molar-refractivity contribution in [3.05, 3.63) is 102 Å². The van der Waals surface area contributed by atoms with Crippen molar-refractivity contribution in [3.63, 3.8) is 0 Å². The van der Waals surface area contributed by atoms with Crippen molar-refractivity contribution < 1.29 is 23.9 Å². The van der Waals surface area contributed by atoms with Crippen LogP contribution < -0.4 is 20.1 Å². The van der Waals surface area contributed by atoms with E-state index in [2.05, 4.69) is 15.6 Å². The Bertz CT molecular complexity index is 1750. The van der Waals surface area contributed by atoms with Crippen LogP contribution in [0.4, 0.5) is 0 Å². The van der Waals surface area contributed by atoms with Gasteiger partial charge in [-0.15, -0.1) is 0 Å². The van der Waals surface area contributed by atoms with Crippen molar-refractivity contribution in [2.45, 2.75) is 43.5 Å². The van der Waals surface area contributed by atoms with E-state index in [1.807, 2.05) is 79.8 Å². The molecule has 0 saturated carbocycles. The summed E-state index contributed by atoms with van der Waals surface area (Å²) in [6, 6.07) is 20.5. The number of amides is 3. The van der Waals surface area contributed by atoms with Crippen molar-refractivity contribution >= 4 is 34.7 Å².